The molecule has 60 valence electrons. The molecule has 0 amide bonds. The summed E-state index contributed by atoms with van der Waals surface area (Å²) in [7, 11) is 1.80. The zero-order chi connectivity index (χ0) is 7.84. The molecule has 0 bridgehead atoms. The molecule has 1 aromatic rings. The van der Waals surface area contributed by atoms with E-state index in [-0.39, 0.29) is 0 Å². The molecule has 4 nitrogen and oxygen atoms in total. The molecule has 1 saturated carbocycles. The second-order valence-corrected chi connectivity index (χ2v) is 3.06. The van der Waals surface area contributed by atoms with Gasteiger partial charge in [-0.1, -0.05) is 0 Å². The smallest absolute Gasteiger partial charge is 0.179 e. The van der Waals surface area contributed by atoms with Crippen LogP contribution in [0.4, 0.5) is 0 Å². The summed E-state index contributed by atoms with van der Waals surface area (Å²) in [5.74, 6) is 0.979. The quantitative estimate of drug-likeness (QED) is 0.663. The van der Waals surface area contributed by atoms with Crippen LogP contribution in [-0.4, -0.2) is 19.9 Å². The third-order valence-corrected chi connectivity index (χ3v) is 1.95. The predicted octanol–water partition coefficient (Wildman–Crippen LogP) is 0.258. The number of aryl methyl sites for hydroxylation is 1. The van der Waals surface area contributed by atoms with Crippen molar-refractivity contribution in [1.29, 1.82) is 0 Å². The summed E-state index contributed by atoms with van der Waals surface area (Å²) in [6.45, 7) is 0. The number of aliphatic hydroxyl groups is 1. The number of aliphatic hydroxyl groups excluding tert-OH is 1. The first-order valence-electron chi connectivity index (χ1n) is 3.81. The van der Waals surface area contributed by atoms with Gasteiger partial charge in [0.15, 0.2) is 5.82 Å². The Bertz CT molecular complexity index is 254. The van der Waals surface area contributed by atoms with E-state index < -0.39 is 6.10 Å². The zero-order valence-electron chi connectivity index (χ0n) is 6.44. The van der Waals surface area contributed by atoms with Gasteiger partial charge >= 0.3 is 0 Å². The molecule has 1 aliphatic rings. The molecule has 1 fully saturated rings. The maximum absolute atomic E-state index is 9.54. The lowest BCUT2D eigenvalue weighted by atomic mass is 10.2. The van der Waals surface area contributed by atoms with Gasteiger partial charge in [-0.05, 0) is 18.8 Å². The highest BCUT2D eigenvalue weighted by molar-refractivity contribution is 4.95. The van der Waals surface area contributed by atoms with E-state index >= 15 is 0 Å². The van der Waals surface area contributed by atoms with Crippen LogP contribution >= 0.6 is 0 Å². The van der Waals surface area contributed by atoms with E-state index in [0.717, 1.165) is 12.8 Å². The minimum absolute atomic E-state index is 0.414. The molecule has 1 aliphatic carbocycles. The van der Waals surface area contributed by atoms with Gasteiger partial charge in [0.1, 0.15) is 12.4 Å². The summed E-state index contributed by atoms with van der Waals surface area (Å²) in [6, 6.07) is 0. The van der Waals surface area contributed by atoms with Crippen molar-refractivity contribution in [3.05, 3.63) is 12.2 Å². The number of aromatic nitrogens is 3. The molecule has 0 spiro atoms. The van der Waals surface area contributed by atoms with Crippen molar-refractivity contribution in [3.8, 4) is 0 Å². The van der Waals surface area contributed by atoms with Gasteiger partial charge in [-0.25, -0.2) is 4.98 Å². The molecule has 1 unspecified atom stereocenters. The van der Waals surface area contributed by atoms with Crippen LogP contribution in [0.3, 0.4) is 0 Å². The van der Waals surface area contributed by atoms with Gasteiger partial charge in [0.05, 0.1) is 0 Å². The molecule has 0 aliphatic heterocycles. The Balaban J connectivity index is 2.14. The largest absolute Gasteiger partial charge is 0.385 e. The van der Waals surface area contributed by atoms with E-state index in [9.17, 15) is 5.11 Å². The fraction of sp³-hybridized carbons (Fsp3) is 0.714. The van der Waals surface area contributed by atoms with Crippen molar-refractivity contribution in [2.75, 3.05) is 0 Å². The normalized spacial score (nSPS) is 20.2. The van der Waals surface area contributed by atoms with Crippen LogP contribution in [0.1, 0.15) is 24.8 Å². The van der Waals surface area contributed by atoms with E-state index in [1.165, 1.54) is 0 Å². The molecular weight excluding hydrogens is 142 g/mol. The molecule has 1 N–H and O–H groups in total. The summed E-state index contributed by atoms with van der Waals surface area (Å²) >= 11 is 0. The van der Waals surface area contributed by atoms with E-state index in [2.05, 4.69) is 10.1 Å². The van der Waals surface area contributed by atoms with Gasteiger partial charge in [-0.15, -0.1) is 0 Å². The van der Waals surface area contributed by atoms with Crippen molar-refractivity contribution >= 4 is 0 Å². The highest BCUT2D eigenvalue weighted by Crippen LogP contribution is 2.39. The molecule has 4 heteroatoms. The third kappa shape index (κ3) is 1.26. The van der Waals surface area contributed by atoms with Gasteiger partial charge < -0.3 is 5.11 Å². The molecule has 1 atom stereocenters. The SMILES string of the molecule is Cn1cnc(C(O)C2CC2)n1. The average Bonchev–Trinajstić information content (AvgIpc) is 2.74. The Morgan fingerprint density at radius 2 is 2.45 bits per heavy atom. The Morgan fingerprint density at radius 3 is 2.91 bits per heavy atom. The van der Waals surface area contributed by atoms with E-state index in [1.807, 2.05) is 0 Å². The lowest BCUT2D eigenvalue weighted by Crippen LogP contribution is -2.02. The van der Waals surface area contributed by atoms with Crippen LogP contribution in [0.15, 0.2) is 6.33 Å². The maximum Gasteiger partial charge on any atom is 0.179 e. The average molecular weight is 153 g/mol. The first kappa shape index (κ1) is 6.79. The fourth-order valence-electron chi connectivity index (χ4n) is 1.11. The molecule has 1 aromatic heterocycles. The van der Waals surface area contributed by atoms with E-state index in [1.54, 1.807) is 18.1 Å². The summed E-state index contributed by atoms with van der Waals surface area (Å²) in [6.07, 6.45) is 3.40. The van der Waals surface area contributed by atoms with Gasteiger partial charge in [0, 0.05) is 7.05 Å². The number of hydrogen-bond acceptors (Lipinski definition) is 3. The van der Waals surface area contributed by atoms with Gasteiger partial charge in [0.2, 0.25) is 0 Å². The van der Waals surface area contributed by atoms with Gasteiger partial charge in [-0.3, -0.25) is 4.68 Å². The molecule has 1 heterocycles. The molecule has 0 saturated heterocycles. The summed E-state index contributed by atoms with van der Waals surface area (Å²) in [5, 5.41) is 13.6. The minimum atomic E-state index is -0.434. The van der Waals surface area contributed by atoms with E-state index in [0.29, 0.717) is 11.7 Å². The monoisotopic (exact) mass is 153 g/mol. The summed E-state index contributed by atoms with van der Waals surface area (Å²) in [4.78, 5) is 3.98. The van der Waals surface area contributed by atoms with Crippen LogP contribution < -0.4 is 0 Å². The van der Waals surface area contributed by atoms with Crippen molar-refractivity contribution < 1.29 is 5.11 Å². The summed E-state index contributed by atoms with van der Waals surface area (Å²) in [5.41, 5.74) is 0. The second kappa shape index (κ2) is 2.30. The van der Waals surface area contributed by atoms with Crippen molar-refractivity contribution in [2.24, 2.45) is 13.0 Å². The molecule has 0 aromatic carbocycles. The van der Waals surface area contributed by atoms with Crippen LogP contribution in [0, 0.1) is 5.92 Å². The fourth-order valence-corrected chi connectivity index (χ4v) is 1.11. The Hall–Kier alpha value is -0.900. The maximum atomic E-state index is 9.54. The third-order valence-electron chi connectivity index (χ3n) is 1.95. The highest BCUT2D eigenvalue weighted by Gasteiger charge is 2.32. The molecular formula is C7H11N3O. The number of nitrogens with zero attached hydrogens (tertiary/aromatic N) is 3. The second-order valence-electron chi connectivity index (χ2n) is 3.06. The van der Waals surface area contributed by atoms with Crippen LogP contribution in [0.25, 0.3) is 0 Å². The summed E-state index contributed by atoms with van der Waals surface area (Å²) < 4.78 is 1.61. The van der Waals surface area contributed by atoms with Gasteiger partial charge in [0.25, 0.3) is 0 Å². The molecule has 2 rings (SSSR count). The van der Waals surface area contributed by atoms with Crippen molar-refractivity contribution in [1.82, 2.24) is 14.8 Å². The van der Waals surface area contributed by atoms with Crippen LogP contribution in [0.2, 0.25) is 0 Å². The topological polar surface area (TPSA) is 50.9 Å². The number of hydrogen-bond donors (Lipinski definition) is 1. The Morgan fingerprint density at radius 1 is 1.73 bits per heavy atom. The van der Waals surface area contributed by atoms with Gasteiger partial charge in [-0.2, -0.15) is 5.10 Å². The molecule has 0 radical (unpaired) electrons. The van der Waals surface area contributed by atoms with Crippen molar-refractivity contribution in [2.45, 2.75) is 18.9 Å². The lowest BCUT2D eigenvalue weighted by Gasteiger charge is -2.01. The highest BCUT2D eigenvalue weighted by atomic mass is 16.3. The van der Waals surface area contributed by atoms with E-state index in [4.69, 9.17) is 0 Å². The van der Waals surface area contributed by atoms with Crippen molar-refractivity contribution in [3.63, 3.8) is 0 Å². The minimum Gasteiger partial charge on any atom is -0.385 e. The van der Waals surface area contributed by atoms with Crippen LogP contribution in [-0.2, 0) is 7.05 Å². The first-order valence-corrected chi connectivity index (χ1v) is 3.81. The first-order chi connectivity index (χ1) is 5.27. The zero-order valence-corrected chi connectivity index (χ0v) is 6.44. The molecule has 11 heavy (non-hydrogen) atoms. The Labute approximate surface area is 64.9 Å². The number of rotatable bonds is 2. The predicted molar refractivity (Wildman–Crippen MR) is 38.7 cm³/mol. The Kier molecular flexibility index (Phi) is 1.42. The van der Waals surface area contributed by atoms with Crippen LogP contribution in [0.5, 0.6) is 0 Å². The standard InChI is InChI=1S/C7H11N3O/c1-10-4-8-7(9-10)6(11)5-2-3-5/h4-6,11H,2-3H2,1H3. The lowest BCUT2D eigenvalue weighted by molar-refractivity contribution is 0.144.